The summed E-state index contributed by atoms with van der Waals surface area (Å²) in [6, 6.07) is 0. The van der Waals surface area contributed by atoms with Crippen LogP contribution in [0.25, 0.3) is 0 Å². The Balaban J connectivity index is 0. The molecule has 0 aliphatic carbocycles. The lowest BCUT2D eigenvalue weighted by Gasteiger charge is -1.58. The third-order valence-corrected chi connectivity index (χ3v) is 0.250. The highest BCUT2D eigenvalue weighted by Gasteiger charge is 1.48. The molecule has 0 radical (unpaired) electrons. The molecule has 0 aliphatic heterocycles. The van der Waals surface area contributed by atoms with Crippen molar-refractivity contribution in [2.75, 3.05) is 0 Å². The number of hydrogen-bond acceptors (Lipinski definition) is 0. The van der Waals surface area contributed by atoms with Crippen LogP contribution >= 0.6 is 0 Å². The van der Waals surface area contributed by atoms with E-state index in [1.54, 1.807) is 13.8 Å². The summed E-state index contributed by atoms with van der Waals surface area (Å²) in [7, 11) is 0. The lowest BCUT2D eigenvalue weighted by molar-refractivity contribution is 1.28. The fourth-order valence-electron chi connectivity index (χ4n) is 0.125. The van der Waals surface area contributed by atoms with Crippen molar-refractivity contribution >= 4 is 0 Å². The molecule has 0 aromatic carbocycles. The van der Waals surface area contributed by atoms with Crippen molar-refractivity contribution in [1.29, 1.82) is 0 Å². The minimum atomic E-state index is -1.31. The van der Waals surface area contributed by atoms with Gasteiger partial charge in [0.15, 0.2) is 0 Å². The third-order valence-electron chi connectivity index (χ3n) is 0.250. The highest BCUT2D eigenvalue weighted by molar-refractivity contribution is 4.92. The van der Waals surface area contributed by atoms with Crippen molar-refractivity contribution in [3.63, 3.8) is 0 Å². The molecule has 0 nitrogen and oxygen atoms in total. The van der Waals surface area contributed by atoms with Gasteiger partial charge in [0.1, 0.15) is 0 Å². The second-order valence-corrected chi connectivity index (χ2v) is 0.914. The Morgan fingerprint density at radius 2 is 2.00 bits per heavy atom. The van der Waals surface area contributed by atoms with E-state index in [2.05, 4.69) is 24.2 Å². The molecule has 0 heteroatoms. The van der Waals surface area contributed by atoms with Crippen LogP contribution in [-0.2, 0) is 0 Å². The lowest BCUT2D eigenvalue weighted by atomic mass is 10.5. The minimum Gasteiger partial charge on any atom is -0.120 e. The molecule has 0 saturated heterocycles. The summed E-state index contributed by atoms with van der Waals surface area (Å²) >= 11 is 0. The predicted octanol–water partition coefficient (Wildman–Crippen LogP) is 2.06. The summed E-state index contributed by atoms with van der Waals surface area (Å²) in [4.78, 5) is 0. The molecule has 44 valence electrons. The first-order valence-electron chi connectivity index (χ1n) is 3.29. The third kappa shape index (κ3) is 69.3. The Morgan fingerprint density at radius 3 is 2.00 bits per heavy atom. The van der Waals surface area contributed by atoms with Crippen molar-refractivity contribution in [3.8, 4) is 24.2 Å². The van der Waals surface area contributed by atoms with Crippen LogP contribution in [0.3, 0.4) is 0 Å². The van der Waals surface area contributed by atoms with Gasteiger partial charge in [-0.15, -0.1) is 24.2 Å². The topological polar surface area (TPSA) is 0 Å². The summed E-state index contributed by atoms with van der Waals surface area (Å²) in [6.45, 7) is 4.71. The van der Waals surface area contributed by atoms with Crippen LogP contribution in [0.15, 0.2) is 0 Å². The predicted molar refractivity (Wildman–Crippen MR) is 38.2 cm³/mol. The number of hydrogen-bond donors (Lipinski definition) is 0. The normalized spacial score (nSPS) is 9.75. The molecule has 0 spiro atoms. The summed E-state index contributed by atoms with van der Waals surface area (Å²) in [5, 5.41) is 0. The van der Waals surface area contributed by atoms with E-state index in [-0.39, 0.29) is 0 Å². The van der Waals surface area contributed by atoms with Gasteiger partial charge in [0.25, 0.3) is 0 Å². The van der Waals surface area contributed by atoms with E-state index in [0.29, 0.717) is 0 Å². The maximum absolute atomic E-state index is 6.82. The molecule has 0 heterocycles. The maximum Gasteiger partial charge on any atom is 0.0399 e. The van der Waals surface area contributed by atoms with Crippen molar-refractivity contribution in [2.45, 2.75) is 27.1 Å². The average Bonchev–Trinajstić information content (AvgIpc) is 1.63. The van der Waals surface area contributed by atoms with Crippen LogP contribution in [0.1, 0.15) is 29.9 Å². The number of rotatable bonds is 0. The molecule has 8 heavy (non-hydrogen) atoms. The van der Waals surface area contributed by atoms with Crippen LogP contribution in [0, 0.1) is 24.2 Å². The van der Waals surface area contributed by atoms with Crippen molar-refractivity contribution in [2.24, 2.45) is 0 Å². The van der Waals surface area contributed by atoms with Gasteiger partial charge in [-0.1, -0.05) is 6.92 Å². The van der Waals surface area contributed by atoms with Crippen LogP contribution in [0.5, 0.6) is 0 Å². The largest absolute Gasteiger partial charge is 0.120 e. The summed E-state index contributed by atoms with van der Waals surface area (Å²) in [5.74, 6) is 7.10. The van der Waals surface area contributed by atoms with Gasteiger partial charge >= 0.3 is 0 Å². The summed E-state index contributed by atoms with van der Waals surface area (Å²) < 4.78 is 13.6. The fourth-order valence-corrected chi connectivity index (χ4v) is 0.125. The first-order valence-corrected chi connectivity index (χ1v) is 2.29. The van der Waals surface area contributed by atoms with E-state index >= 15 is 0 Å². The van der Waals surface area contributed by atoms with Gasteiger partial charge in [0, 0.05) is 9.11 Å². The maximum atomic E-state index is 6.82. The molecule has 0 aromatic rings. The zero-order valence-electron chi connectivity index (χ0n) is 7.58. The monoisotopic (exact) mass is 110 g/mol. The highest BCUT2D eigenvalue weighted by Crippen LogP contribution is 1.62. The van der Waals surface area contributed by atoms with Gasteiger partial charge in [-0.3, -0.25) is 0 Å². The smallest absolute Gasteiger partial charge is 0.0399 e. The molecule has 0 aliphatic rings. The molecule has 0 aromatic heterocycles. The summed E-state index contributed by atoms with van der Waals surface area (Å²) in [5.41, 5.74) is 0. The molecular weight excluding hydrogens is 96.1 g/mol. The van der Waals surface area contributed by atoms with Gasteiger partial charge in [0.05, 0.1) is 0 Å². The van der Waals surface area contributed by atoms with Gasteiger partial charge in [-0.25, -0.2) is 0 Å². The Hall–Kier alpha value is -0.880. The van der Waals surface area contributed by atoms with Crippen molar-refractivity contribution in [1.82, 2.24) is 0 Å². The summed E-state index contributed by atoms with van der Waals surface area (Å²) in [6.07, 6.45) is 3.29. The van der Waals surface area contributed by atoms with Gasteiger partial charge in [-0.05, 0) is 13.8 Å². The molecule has 0 N–H and O–H groups in total. The van der Waals surface area contributed by atoms with Gasteiger partial charge < -0.3 is 0 Å². The molecule has 0 fully saturated rings. The zero-order chi connectivity index (χ0) is 8.62. The van der Waals surface area contributed by atoms with Gasteiger partial charge in [0.2, 0.25) is 0 Å². The Morgan fingerprint density at radius 1 is 1.62 bits per heavy atom. The van der Waals surface area contributed by atoms with E-state index in [4.69, 9.17) is 2.74 Å². The van der Waals surface area contributed by atoms with E-state index in [1.165, 1.54) is 6.92 Å². The van der Waals surface area contributed by atoms with Crippen LogP contribution in [-0.4, -0.2) is 0 Å². The minimum absolute atomic E-state index is 1.31. The first-order chi connectivity index (χ1) is 4.47. The molecule has 0 bridgehead atoms. The van der Waals surface area contributed by atoms with Crippen molar-refractivity contribution in [3.05, 3.63) is 0 Å². The zero-order valence-corrected chi connectivity index (χ0v) is 5.58. The number of terminal acetylenes is 1. The van der Waals surface area contributed by atoms with Crippen LogP contribution in [0.2, 0.25) is 0 Å². The lowest BCUT2D eigenvalue weighted by Crippen LogP contribution is -1.45. The van der Waals surface area contributed by atoms with Crippen LogP contribution in [0.4, 0.5) is 0 Å². The second-order valence-electron chi connectivity index (χ2n) is 0.914. The standard InChI is InChI=1S/C5H8.C3H4/c1-3-5-4-2;1-3-2/h3H2,1-2H3;1H,2H3/i3D2;. The Kier molecular flexibility index (Phi) is 10.8. The van der Waals surface area contributed by atoms with Gasteiger partial charge in [-0.2, -0.15) is 0 Å². The van der Waals surface area contributed by atoms with E-state index in [1.807, 2.05) is 0 Å². The quantitative estimate of drug-likeness (QED) is 0.419. The SMILES string of the molecule is C#CC.[2H]C([2H])(C)C#CC. The molecule has 0 rings (SSSR count). The first kappa shape index (κ1) is 5.26. The molecule has 0 unspecified atom stereocenters. The second kappa shape index (κ2) is 16.5. The highest BCUT2D eigenvalue weighted by atomic mass is 13.5. The molecule has 0 amide bonds. The van der Waals surface area contributed by atoms with E-state index in [9.17, 15) is 0 Å². The fraction of sp³-hybridized carbons (Fsp3) is 0.500. The average molecular weight is 110 g/mol. The molecular formula is C8H12. The molecule has 0 atom stereocenters. The van der Waals surface area contributed by atoms with Crippen molar-refractivity contribution < 1.29 is 2.74 Å². The van der Waals surface area contributed by atoms with E-state index in [0.717, 1.165) is 0 Å². The van der Waals surface area contributed by atoms with E-state index < -0.39 is 6.37 Å². The Labute approximate surface area is 55.1 Å². The van der Waals surface area contributed by atoms with Crippen LogP contribution < -0.4 is 0 Å². The molecule has 0 saturated carbocycles. The Bertz CT molecular complexity index is 158.